The van der Waals surface area contributed by atoms with Crippen molar-refractivity contribution in [3.8, 4) is 11.5 Å². The van der Waals surface area contributed by atoms with Crippen molar-refractivity contribution in [2.45, 2.75) is 13.0 Å². The summed E-state index contributed by atoms with van der Waals surface area (Å²) in [4.78, 5) is 23.9. The topological polar surface area (TPSA) is 88.7 Å². The third-order valence-electron chi connectivity index (χ3n) is 3.49. The van der Waals surface area contributed by atoms with E-state index in [4.69, 9.17) is 9.47 Å². The predicted molar refractivity (Wildman–Crippen MR) is 80.7 cm³/mol. The van der Waals surface area contributed by atoms with E-state index in [0.717, 1.165) is 0 Å². The molecule has 1 aromatic carbocycles. The molecule has 1 aliphatic rings. The standard InChI is InChI=1S/C15H19N3O4/c1-8-12(14(19)16-2)13(18-15(20)17-8)10-6-5-9(21-3)7-11(10)22-4/h5-7,13H,1-4H3,(H,16,19)(H2,17,18,20). The fourth-order valence-corrected chi connectivity index (χ4v) is 2.42. The minimum atomic E-state index is -0.602. The highest BCUT2D eigenvalue weighted by molar-refractivity contribution is 5.98. The molecule has 1 aromatic rings. The number of likely N-dealkylation sites (N-methyl/N-ethyl adjacent to an activating group) is 1. The molecule has 0 aromatic heterocycles. The number of hydrogen-bond donors (Lipinski definition) is 3. The maximum Gasteiger partial charge on any atom is 0.319 e. The van der Waals surface area contributed by atoms with E-state index >= 15 is 0 Å². The highest BCUT2D eigenvalue weighted by Crippen LogP contribution is 2.35. The molecule has 1 unspecified atom stereocenters. The lowest BCUT2D eigenvalue weighted by Gasteiger charge is -2.29. The van der Waals surface area contributed by atoms with E-state index in [1.54, 1.807) is 39.3 Å². The molecule has 0 spiro atoms. The van der Waals surface area contributed by atoms with E-state index in [9.17, 15) is 9.59 Å². The molecule has 0 radical (unpaired) electrons. The van der Waals surface area contributed by atoms with Gasteiger partial charge in [-0.15, -0.1) is 0 Å². The van der Waals surface area contributed by atoms with Crippen molar-refractivity contribution in [2.24, 2.45) is 0 Å². The van der Waals surface area contributed by atoms with Gasteiger partial charge in [-0.1, -0.05) is 0 Å². The molecule has 7 nitrogen and oxygen atoms in total. The van der Waals surface area contributed by atoms with Crippen LogP contribution < -0.4 is 25.4 Å². The van der Waals surface area contributed by atoms with Gasteiger partial charge in [0.1, 0.15) is 11.5 Å². The van der Waals surface area contributed by atoms with Crippen LogP contribution in [0, 0.1) is 0 Å². The second kappa shape index (κ2) is 6.38. The molecule has 0 saturated carbocycles. The Morgan fingerprint density at radius 2 is 2.00 bits per heavy atom. The number of rotatable bonds is 4. The van der Waals surface area contributed by atoms with E-state index in [1.807, 2.05) is 0 Å². The van der Waals surface area contributed by atoms with Crippen LogP contribution in [0.4, 0.5) is 4.79 Å². The Labute approximate surface area is 128 Å². The monoisotopic (exact) mass is 305 g/mol. The first-order valence-electron chi connectivity index (χ1n) is 6.74. The molecular weight excluding hydrogens is 286 g/mol. The molecular formula is C15H19N3O4. The van der Waals surface area contributed by atoms with E-state index < -0.39 is 6.04 Å². The number of allylic oxidation sites excluding steroid dienone is 1. The van der Waals surface area contributed by atoms with Crippen LogP contribution in [0.15, 0.2) is 29.5 Å². The molecule has 22 heavy (non-hydrogen) atoms. The summed E-state index contributed by atoms with van der Waals surface area (Å²) in [5.41, 5.74) is 1.62. The minimum Gasteiger partial charge on any atom is -0.497 e. The number of amides is 3. The average molecular weight is 305 g/mol. The highest BCUT2D eigenvalue weighted by Gasteiger charge is 2.32. The third kappa shape index (κ3) is 2.83. The fraction of sp³-hybridized carbons (Fsp3) is 0.333. The number of ether oxygens (including phenoxy) is 2. The molecule has 2 rings (SSSR count). The minimum absolute atomic E-state index is 0.270. The first-order valence-corrected chi connectivity index (χ1v) is 6.74. The number of carbonyl (C=O) groups is 2. The Bertz CT molecular complexity index is 640. The van der Waals surface area contributed by atoms with E-state index in [0.29, 0.717) is 28.3 Å². The van der Waals surface area contributed by atoms with Gasteiger partial charge < -0.3 is 25.4 Å². The van der Waals surface area contributed by atoms with Crippen molar-refractivity contribution in [3.05, 3.63) is 35.0 Å². The number of hydrogen-bond acceptors (Lipinski definition) is 4. The maximum atomic E-state index is 12.2. The summed E-state index contributed by atoms with van der Waals surface area (Å²) >= 11 is 0. The highest BCUT2D eigenvalue weighted by atomic mass is 16.5. The van der Waals surface area contributed by atoms with Gasteiger partial charge in [0, 0.05) is 24.4 Å². The van der Waals surface area contributed by atoms with Crippen LogP contribution in [0.1, 0.15) is 18.5 Å². The number of urea groups is 1. The van der Waals surface area contributed by atoms with E-state index in [-0.39, 0.29) is 11.9 Å². The Morgan fingerprint density at radius 3 is 2.59 bits per heavy atom. The van der Waals surface area contributed by atoms with Gasteiger partial charge in [0.05, 0.1) is 25.8 Å². The zero-order valence-electron chi connectivity index (χ0n) is 12.9. The number of benzene rings is 1. The van der Waals surface area contributed by atoms with Crippen LogP contribution in [-0.2, 0) is 4.79 Å². The van der Waals surface area contributed by atoms with Gasteiger partial charge in [0.2, 0.25) is 0 Å². The summed E-state index contributed by atoms with van der Waals surface area (Å²) in [6, 6.07) is 4.26. The molecule has 118 valence electrons. The van der Waals surface area contributed by atoms with Crippen LogP contribution >= 0.6 is 0 Å². The van der Waals surface area contributed by atoms with Crippen LogP contribution in [0.3, 0.4) is 0 Å². The first-order chi connectivity index (χ1) is 10.5. The molecule has 3 amide bonds. The Kier molecular flexibility index (Phi) is 4.55. The summed E-state index contributed by atoms with van der Waals surface area (Å²) in [7, 11) is 4.62. The number of carbonyl (C=O) groups excluding carboxylic acids is 2. The van der Waals surface area contributed by atoms with E-state index in [2.05, 4.69) is 16.0 Å². The van der Waals surface area contributed by atoms with Crippen molar-refractivity contribution < 1.29 is 19.1 Å². The summed E-state index contributed by atoms with van der Waals surface area (Å²) in [6.45, 7) is 1.69. The Balaban J connectivity index is 2.55. The van der Waals surface area contributed by atoms with Crippen LogP contribution in [0.5, 0.6) is 11.5 Å². The molecule has 0 bridgehead atoms. The van der Waals surface area contributed by atoms with Gasteiger partial charge in [-0.3, -0.25) is 4.79 Å². The summed E-state index contributed by atoms with van der Waals surface area (Å²) in [5.74, 6) is 0.886. The number of methoxy groups -OCH3 is 2. The smallest absolute Gasteiger partial charge is 0.319 e. The lowest BCUT2D eigenvalue weighted by molar-refractivity contribution is -0.117. The fourth-order valence-electron chi connectivity index (χ4n) is 2.42. The lowest BCUT2D eigenvalue weighted by Crippen LogP contribution is -2.46. The normalized spacial score (nSPS) is 17.5. The Morgan fingerprint density at radius 1 is 1.27 bits per heavy atom. The molecule has 0 fully saturated rings. The van der Waals surface area contributed by atoms with Crippen molar-refractivity contribution in [2.75, 3.05) is 21.3 Å². The van der Waals surface area contributed by atoms with Gasteiger partial charge in [-0.2, -0.15) is 0 Å². The Hall–Kier alpha value is -2.70. The predicted octanol–water partition coefficient (Wildman–Crippen LogP) is 1.08. The second-order valence-corrected chi connectivity index (χ2v) is 4.76. The van der Waals surface area contributed by atoms with Gasteiger partial charge >= 0.3 is 6.03 Å². The molecule has 0 saturated heterocycles. The van der Waals surface area contributed by atoms with Crippen molar-refractivity contribution in [1.82, 2.24) is 16.0 Å². The quantitative estimate of drug-likeness (QED) is 0.776. The summed E-state index contributed by atoms with van der Waals surface area (Å²) in [6.07, 6.45) is 0. The van der Waals surface area contributed by atoms with Gasteiger partial charge in [-0.25, -0.2) is 4.79 Å². The average Bonchev–Trinajstić information content (AvgIpc) is 2.52. The molecule has 1 atom stereocenters. The van der Waals surface area contributed by atoms with Gasteiger partial charge in [0.15, 0.2) is 0 Å². The van der Waals surface area contributed by atoms with Crippen molar-refractivity contribution in [1.29, 1.82) is 0 Å². The van der Waals surface area contributed by atoms with Crippen molar-refractivity contribution >= 4 is 11.9 Å². The largest absolute Gasteiger partial charge is 0.497 e. The summed E-state index contributed by atoms with van der Waals surface area (Å²) in [5, 5.41) is 7.94. The zero-order chi connectivity index (χ0) is 16.3. The molecule has 1 heterocycles. The molecule has 7 heteroatoms. The van der Waals surface area contributed by atoms with Crippen molar-refractivity contribution in [3.63, 3.8) is 0 Å². The SMILES string of the molecule is CNC(=O)C1=C(C)NC(=O)NC1c1ccc(OC)cc1OC. The van der Waals surface area contributed by atoms with Crippen LogP contribution in [-0.4, -0.2) is 33.2 Å². The van der Waals surface area contributed by atoms with Gasteiger partial charge in [0.25, 0.3) is 5.91 Å². The van der Waals surface area contributed by atoms with E-state index in [1.165, 1.54) is 7.11 Å². The summed E-state index contributed by atoms with van der Waals surface area (Å²) < 4.78 is 10.5. The van der Waals surface area contributed by atoms with Gasteiger partial charge in [-0.05, 0) is 19.1 Å². The zero-order valence-corrected chi connectivity index (χ0v) is 12.9. The van der Waals surface area contributed by atoms with Crippen LogP contribution in [0.2, 0.25) is 0 Å². The molecule has 0 aliphatic carbocycles. The molecule has 3 N–H and O–H groups in total. The molecule has 1 aliphatic heterocycles. The lowest BCUT2D eigenvalue weighted by atomic mass is 9.94. The third-order valence-corrected chi connectivity index (χ3v) is 3.49. The second-order valence-electron chi connectivity index (χ2n) is 4.76. The number of nitrogens with one attached hydrogen (secondary N) is 3. The van der Waals surface area contributed by atoms with Crippen LogP contribution in [0.25, 0.3) is 0 Å². The maximum absolute atomic E-state index is 12.2. The first kappa shape index (κ1) is 15.7.